The van der Waals surface area contributed by atoms with E-state index in [2.05, 4.69) is 42.2 Å². The van der Waals surface area contributed by atoms with E-state index in [9.17, 15) is 0 Å². The predicted molar refractivity (Wildman–Crippen MR) is 85.4 cm³/mol. The minimum absolute atomic E-state index is 0.677. The van der Waals surface area contributed by atoms with Crippen molar-refractivity contribution >= 4 is 11.9 Å². The van der Waals surface area contributed by atoms with Gasteiger partial charge in [-0.25, -0.2) is 4.98 Å². The molecule has 3 nitrogen and oxygen atoms in total. The van der Waals surface area contributed by atoms with E-state index in [-0.39, 0.29) is 0 Å². The van der Waals surface area contributed by atoms with Crippen molar-refractivity contribution < 1.29 is 0 Å². The maximum atomic E-state index is 4.54. The molecule has 0 spiro atoms. The molecule has 1 heterocycles. The van der Waals surface area contributed by atoms with Gasteiger partial charge in [0.2, 0.25) is 0 Å². The van der Waals surface area contributed by atoms with Crippen LogP contribution in [0.4, 0.5) is 5.82 Å². The van der Waals surface area contributed by atoms with Crippen molar-refractivity contribution in [2.24, 2.45) is 5.92 Å². The summed E-state index contributed by atoms with van der Waals surface area (Å²) in [6.07, 6.45) is 7.63. The third kappa shape index (κ3) is 6.37. The number of nitrogens with zero attached hydrogens (tertiary/aromatic N) is 3. The molecule has 1 aromatic rings. The van der Waals surface area contributed by atoms with Crippen molar-refractivity contribution in [1.82, 2.24) is 9.97 Å². The van der Waals surface area contributed by atoms with E-state index < -0.39 is 0 Å². The zero-order valence-electron chi connectivity index (χ0n) is 13.2. The molecule has 0 aliphatic heterocycles. The molecule has 0 saturated heterocycles. The highest BCUT2D eigenvalue weighted by atomic mass is 15.2. The number of aromatic nitrogens is 2. The topological polar surface area (TPSA) is 29.0 Å². The maximum Gasteiger partial charge on any atom is 0.147 e. The van der Waals surface area contributed by atoms with Crippen LogP contribution in [0.1, 0.15) is 53.2 Å². The van der Waals surface area contributed by atoms with E-state index in [0.717, 1.165) is 31.0 Å². The average Bonchev–Trinajstić information content (AvgIpc) is 2.48. The van der Waals surface area contributed by atoms with Gasteiger partial charge in [-0.2, -0.15) is 0 Å². The van der Waals surface area contributed by atoms with Crippen LogP contribution in [-0.2, 0) is 0 Å². The van der Waals surface area contributed by atoms with Crippen LogP contribution in [0.25, 0.3) is 6.08 Å². The first-order valence-electron chi connectivity index (χ1n) is 7.40. The quantitative estimate of drug-likeness (QED) is 0.729. The van der Waals surface area contributed by atoms with E-state index in [4.69, 9.17) is 0 Å². The van der Waals surface area contributed by atoms with Gasteiger partial charge in [0.05, 0.1) is 18.1 Å². The van der Waals surface area contributed by atoms with Crippen LogP contribution in [0.5, 0.6) is 0 Å². The van der Waals surface area contributed by atoms with Crippen LogP contribution in [0.15, 0.2) is 19.0 Å². The summed E-state index contributed by atoms with van der Waals surface area (Å²) in [5.74, 6) is 1.64. The summed E-state index contributed by atoms with van der Waals surface area (Å²) < 4.78 is 0. The second kappa shape index (κ2) is 10.5. The molecule has 1 rings (SSSR count). The third-order valence-electron chi connectivity index (χ3n) is 2.90. The van der Waals surface area contributed by atoms with Gasteiger partial charge in [-0.15, -0.1) is 0 Å². The van der Waals surface area contributed by atoms with Crippen molar-refractivity contribution in [2.75, 3.05) is 18.0 Å². The second-order valence-electron chi connectivity index (χ2n) is 4.47. The lowest BCUT2D eigenvalue weighted by Crippen LogP contribution is -2.30. The van der Waals surface area contributed by atoms with Gasteiger partial charge in [0.25, 0.3) is 0 Å². The normalized spacial score (nSPS) is 11.2. The van der Waals surface area contributed by atoms with Gasteiger partial charge >= 0.3 is 0 Å². The summed E-state index contributed by atoms with van der Waals surface area (Å²) in [5, 5.41) is 0. The Balaban J connectivity index is 0.00000154. The molecule has 0 saturated carbocycles. The van der Waals surface area contributed by atoms with E-state index in [1.165, 1.54) is 6.42 Å². The van der Waals surface area contributed by atoms with Gasteiger partial charge in [-0.05, 0) is 18.4 Å². The summed E-state index contributed by atoms with van der Waals surface area (Å²) in [6.45, 7) is 16.5. The Morgan fingerprint density at radius 3 is 2.53 bits per heavy atom. The smallest absolute Gasteiger partial charge is 0.147 e. The number of anilines is 1. The zero-order chi connectivity index (χ0) is 14.7. The molecule has 0 aliphatic carbocycles. The van der Waals surface area contributed by atoms with Crippen LogP contribution < -0.4 is 4.90 Å². The fourth-order valence-corrected chi connectivity index (χ4v) is 1.70. The van der Waals surface area contributed by atoms with Gasteiger partial charge in [0, 0.05) is 13.1 Å². The Hall–Kier alpha value is -1.38. The SMILES string of the molecule is C=Cc1cncc(N(CCC)CC(C)CC)n1.CC. The van der Waals surface area contributed by atoms with Crippen LogP contribution in [0.3, 0.4) is 0 Å². The van der Waals surface area contributed by atoms with Crippen molar-refractivity contribution in [2.45, 2.75) is 47.5 Å². The Morgan fingerprint density at radius 1 is 1.32 bits per heavy atom. The van der Waals surface area contributed by atoms with Crippen LogP contribution in [0, 0.1) is 5.92 Å². The van der Waals surface area contributed by atoms with Crippen molar-refractivity contribution in [1.29, 1.82) is 0 Å². The van der Waals surface area contributed by atoms with Gasteiger partial charge in [-0.3, -0.25) is 4.98 Å². The minimum atomic E-state index is 0.677. The van der Waals surface area contributed by atoms with E-state index in [1.54, 1.807) is 12.3 Å². The molecule has 108 valence electrons. The molecule has 0 radical (unpaired) electrons. The van der Waals surface area contributed by atoms with Crippen LogP contribution >= 0.6 is 0 Å². The summed E-state index contributed by atoms with van der Waals surface area (Å²) in [7, 11) is 0. The number of rotatable bonds is 7. The lowest BCUT2D eigenvalue weighted by molar-refractivity contribution is 0.538. The largest absolute Gasteiger partial charge is 0.355 e. The van der Waals surface area contributed by atoms with Crippen molar-refractivity contribution in [3.05, 3.63) is 24.7 Å². The second-order valence-corrected chi connectivity index (χ2v) is 4.47. The summed E-state index contributed by atoms with van der Waals surface area (Å²) in [5.41, 5.74) is 0.841. The highest BCUT2D eigenvalue weighted by Crippen LogP contribution is 2.14. The fraction of sp³-hybridized carbons (Fsp3) is 0.625. The molecule has 0 N–H and O–H groups in total. The summed E-state index contributed by atoms with van der Waals surface area (Å²) in [6, 6.07) is 0. The molecule has 1 atom stereocenters. The molecule has 3 heteroatoms. The third-order valence-corrected chi connectivity index (χ3v) is 2.90. The maximum absolute atomic E-state index is 4.54. The first kappa shape index (κ1) is 17.6. The zero-order valence-corrected chi connectivity index (χ0v) is 13.2. The molecular weight excluding hydrogens is 234 g/mol. The van der Waals surface area contributed by atoms with Gasteiger partial charge in [-0.1, -0.05) is 47.6 Å². The summed E-state index contributed by atoms with van der Waals surface area (Å²) >= 11 is 0. The average molecular weight is 263 g/mol. The fourth-order valence-electron chi connectivity index (χ4n) is 1.70. The Labute approximate surface area is 118 Å². The Morgan fingerprint density at radius 2 is 2.00 bits per heavy atom. The molecule has 0 fully saturated rings. The Bertz CT molecular complexity index is 350. The van der Waals surface area contributed by atoms with E-state index in [1.807, 2.05) is 20.0 Å². The van der Waals surface area contributed by atoms with Crippen molar-refractivity contribution in [3.8, 4) is 0 Å². The number of hydrogen-bond acceptors (Lipinski definition) is 3. The molecule has 0 aliphatic rings. The highest BCUT2D eigenvalue weighted by Gasteiger charge is 2.11. The first-order valence-corrected chi connectivity index (χ1v) is 7.40. The molecular formula is C16H29N3. The lowest BCUT2D eigenvalue weighted by atomic mass is 10.1. The molecule has 0 amide bonds. The van der Waals surface area contributed by atoms with Gasteiger partial charge in [0.15, 0.2) is 0 Å². The van der Waals surface area contributed by atoms with Gasteiger partial charge in [0.1, 0.15) is 5.82 Å². The Kier molecular flexibility index (Phi) is 9.77. The van der Waals surface area contributed by atoms with E-state index in [0.29, 0.717) is 5.92 Å². The van der Waals surface area contributed by atoms with Crippen LogP contribution in [-0.4, -0.2) is 23.1 Å². The summed E-state index contributed by atoms with van der Waals surface area (Å²) in [4.78, 5) is 11.1. The van der Waals surface area contributed by atoms with Gasteiger partial charge < -0.3 is 4.90 Å². The molecule has 1 aromatic heterocycles. The van der Waals surface area contributed by atoms with E-state index >= 15 is 0 Å². The molecule has 19 heavy (non-hydrogen) atoms. The molecule has 1 unspecified atom stereocenters. The minimum Gasteiger partial charge on any atom is -0.355 e. The number of hydrogen-bond donors (Lipinski definition) is 0. The first-order chi connectivity index (χ1) is 9.21. The molecule has 0 aromatic carbocycles. The predicted octanol–water partition coefficient (Wildman–Crippen LogP) is 4.41. The monoisotopic (exact) mass is 263 g/mol. The highest BCUT2D eigenvalue weighted by molar-refractivity contribution is 5.45. The standard InChI is InChI=1S/C14H23N3.C2H6/c1-5-8-17(11-12(4)6-2)14-10-15-9-13(7-3)16-14;1-2/h7,9-10,12H,3,5-6,8,11H2,1-2,4H3;1-2H3. The lowest BCUT2D eigenvalue weighted by Gasteiger charge is -2.26. The van der Waals surface area contributed by atoms with Crippen LogP contribution in [0.2, 0.25) is 0 Å². The van der Waals surface area contributed by atoms with Crippen molar-refractivity contribution in [3.63, 3.8) is 0 Å². The molecule has 0 bridgehead atoms.